The molecule has 346 valence electrons. The van der Waals surface area contributed by atoms with Gasteiger partial charge < -0.3 is 14.9 Å². The third-order valence-corrected chi connectivity index (χ3v) is 14.9. The highest BCUT2D eigenvalue weighted by Gasteiger charge is 2.41. The van der Waals surface area contributed by atoms with Crippen LogP contribution in [0.3, 0.4) is 0 Å². The van der Waals surface area contributed by atoms with Gasteiger partial charge in [-0.25, -0.2) is 37.1 Å². The molecule has 5 N–H and O–H groups in total. The molecule has 65 heavy (non-hydrogen) atoms. The zero-order chi connectivity index (χ0) is 46.9. The molecule has 3 aromatic rings. The lowest BCUT2D eigenvalue weighted by molar-refractivity contribution is -0.120. The molecule has 14 nitrogen and oxygen atoms in total. The first kappa shape index (κ1) is 47.6. The molecule has 0 saturated carbocycles. The number of aliphatic hydroxyl groups is 1. The van der Waals surface area contributed by atoms with Crippen molar-refractivity contribution in [2.75, 3.05) is 28.0 Å². The molecular weight excluding hydrogens is 861 g/mol. The Morgan fingerprint density at radius 2 is 1.43 bits per heavy atom. The summed E-state index contributed by atoms with van der Waals surface area (Å²) >= 11 is 0. The van der Waals surface area contributed by atoms with Gasteiger partial charge in [-0.2, -0.15) is 10.2 Å². The van der Waals surface area contributed by atoms with Crippen molar-refractivity contribution in [3.63, 3.8) is 0 Å². The van der Waals surface area contributed by atoms with Crippen LogP contribution in [0.25, 0.3) is 0 Å². The highest BCUT2D eigenvalue weighted by atomic mass is 32.2. The van der Waals surface area contributed by atoms with Gasteiger partial charge in [-0.15, -0.1) is 0 Å². The van der Waals surface area contributed by atoms with E-state index in [1.807, 2.05) is 19.9 Å². The minimum Gasteiger partial charge on any atom is -0.374 e. The number of hydrogen-bond acceptors (Lipinski definition) is 11. The number of allylic oxidation sites excluding steroid dienone is 5. The van der Waals surface area contributed by atoms with Crippen LogP contribution in [0.4, 0.5) is 17.1 Å². The Morgan fingerprint density at radius 3 is 2.14 bits per heavy atom. The zero-order valence-corrected chi connectivity index (χ0v) is 39.8. The number of fused-ring (bicyclic) bond motifs is 1. The Balaban J connectivity index is 1.03. The lowest BCUT2D eigenvalue weighted by Crippen LogP contribution is -2.43. The summed E-state index contributed by atoms with van der Waals surface area (Å²) in [5.74, 6) is -0.611. The summed E-state index contributed by atoms with van der Waals surface area (Å²) in [4.78, 5) is 18.6. The van der Waals surface area contributed by atoms with Crippen molar-refractivity contribution in [1.82, 2.24) is 4.90 Å². The fourth-order valence-electron chi connectivity index (χ4n) is 9.53. The number of hydrazone groups is 2. The molecule has 3 unspecified atom stereocenters. The predicted molar refractivity (Wildman–Crippen MR) is 259 cm³/mol. The second kappa shape index (κ2) is 18.8. The number of carbonyl (C=O) groups is 1. The second-order valence-electron chi connectivity index (χ2n) is 18.5. The van der Waals surface area contributed by atoms with E-state index < -0.39 is 32.2 Å². The van der Waals surface area contributed by atoms with E-state index in [1.54, 1.807) is 24.3 Å². The molecule has 3 atom stereocenters. The van der Waals surface area contributed by atoms with Crippen LogP contribution in [-0.4, -0.2) is 69.5 Å². The predicted octanol–water partition coefficient (Wildman–Crippen LogP) is 7.65. The number of sulfonamides is 2. The van der Waals surface area contributed by atoms with Gasteiger partial charge in [0.2, 0.25) is 20.0 Å². The Kier molecular flexibility index (Phi) is 13.8. The second-order valence-corrected chi connectivity index (χ2v) is 21.6. The van der Waals surface area contributed by atoms with Crippen LogP contribution < -0.4 is 25.2 Å². The Morgan fingerprint density at radius 1 is 0.785 bits per heavy atom. The van der Waals surface area contributed by atoms with E-state index in [2.05, 4.69) is 102 Å². The van der Waals surface area contributed by atoms with E-state index in [1.165, 1.54) is 39.8 Å². The maximum Gasteiger partial charge on any atom is 0.256 e. The lowest BCUT2D eigenvalue weighted by Gasteiger charge is -2.41. The average molecular weight is 923 g/mol. The Hall–Kier alpha value is -5.39. The molecule has 4 heterocycles. The molecule has 0 aromatic heterocycles. The molecule has 0 aliphatic carbocycles. The summed E-state index contributed by atoms with van der Waals surface area (Å²) in [6.45, 7) is 14.3. The molecule has 4 aliphatic rings. The van der Waals surface area contributed by atoms with Gasteiger partial charge in [0, 0.05) is 52.6 Å². The molecule has 0 bridgehead atoms. The van der Waals surface area contributed by atoms with E-state index in [0.717, 1.165) is 63.0 Å². The first-order valence-electron chi connectivity index (χ1n) is 22.3. The summed E-state index contributed by atoms with van der Waals surface area (Å²) in [7, 11) is -7.89. The van der Waals surface area contributed by atoms with E-state index in [-0.39, 0.29) is 32.6 Å². The van der Waals surface area contributed by atoms with Crippen molar-refractivity contribution in [3.05, 3.63) is 126 Å². The van der Waals surface area contributed by atoms with Crippen molar-refractivity contribution in [1.29, 1.82) is 0 Å². The molecular formula is C49H62N8O6S2. The van der Waals surface area contributed by atoms with E-state index in [9.17, 15) is 26.7 Å². The lowest BCUT2D eigenvalue weighted by atomic mass is 9.78. The number of amides is 1. The minimum absolute atomic E-state index is 0.0590. The van der Waals surface area contributed by atoms with E-state index in [4.69, 9.17) is 10.3 Å². The highest BCUT2D eigenvalue weighted by molar-refractivity contribution is 7.89. The van der Waals surface area contributed by atoms with Gasteiger partial charge in [-0.1, -0.05) is 82.3 Å². The van der Waals surface area contributed by atoms with Gasteiger partial charge in [0.05, 0.1) is 32.8 Å². The monoisotopic (exact) mass is 922 g/mol. The number of primary sulfonamides is 2. The van der Waals surface area contributed by atoms with Crippen LogP contribution in [-0.2, 0) is 30.3 Å². The van der Waals surface area contributed by atoms with Crippen molar-refractivity contribution >= 4 is 54.4 Å². The van der Waals surface area contributed by atoms with Crippen LogP contribution in [0.1, 0.15) is 92.1 Å². The summed E-state index contributed by atoms with van der Waals surface area (Å²) < 4.78 is 48.2. The maximum absolute atomic E-state index is 13.8. The molecule has 4 aliphatic heterocycles. The number of nitrogens with zero attached hydrogens (tertiary/aromatic N) is 6. The summed E-state index contributed by atoms with van der Waals surface area (Å²) in [6, 6.07) is 20.7. The third-order valence-electron chi connectivity index (χ3n) is 13.1. The van der Waals surface area contributed by atoms with Gasteiger partial charge in [-0.05, 0) is 119 Å². The first-order chi connectivity index (χ1) is 30.7. The summed E-state index contributed by atoms with van der Waals surface area (Å²) in [6.07, 6.45) is 18.1. The largest absolute Gasteiger partial charge is 0.374 e. The summed E-state index contributed by atoms with van der Waals surface area (Å²) in [5.41, 5.74) is 5.70. The van der Waals surface area contributed by atoms with Crippen LogP contribution in [0.2, 0.25) is 0 Å². The first-order valence-corrected chi connectivity index (χ1v) is 25.3. The normalized spacial score (nSPS) is 24.2. The minimum atomic E-state index is -3.95. The number of nitrogens with two attached hydrogens (primary N) is 2. The number of anilines is 3. The maximum atomic E-state index is 13.8. The van der Waals surface area contributed by atoms with Crippen LogP contribution in [0.5, 0.6) is 0 Å². The smallest absolute Gasteiger partial charge is 0.256 e. The molecule has 0 spiro atoms. The molecule has 7 rings (SSSR count). The number of unbranched alkanes of at least 4 members (excludes halogenated alkanes) is 2. The molecule has 0 fully saturated rings. The van der Waals surface area contributed by atoms with Crippen LogP contribution in [0.15, 0.2) is 141 Å². The van der Waals surface area contributed by atoms with E-state index in [0.29, 0.717) is 34.8 Å². The molecule has 0 saturated heterocycles. The van der Waals surface area contributed by atoms with Crippen molar-refractivity contribution < 1.29 is 26.7 Å². The standard InChI is InChI=1S/C49H62N8O6S2/c1-34-40(46(58)56(52-34)36-18-16-20-38(32-36)64(50,60)61)24-26-44-48(3,4)28-12-7-8-13-29-54(44)30-14-9-15-31-55-43-23-11-10-22-42(43)49(5,6)45(55)27-25-41-35(2)53-57(47(41)59)37-19-17-21-39(33-37)65(51,62)63/h10-13,16-23,25,27-29,32-33,40,44,47,59H,7-9,14-15,24,26,30-31H2,1-6H3,(H2,50,60,61)(H2,51,62,63)/b28-12+,29-13+,41-25-,45-27+. The van der Waals surface area contributed by atoms with Crippen molar-refractivity contribution in [3.8, 4) is 0 Å². The van der Waals surface area contributed by atoms with Gasteiger partial charge in [0.25, 0.3) is 5.91 Å². The molecule has 1 amide bonds. The number of aliphatic hydroxyl groups excluding tert-OH is 1. The fourth-order valence-corrected chi connectivity index (χ4v) is 10.6. The highest BCUT2D eigenvalue weighted by Crippen LogP contribution is 2.48. The number of rotatable bonds is 14. The number of carbonyl (C=O) groups excluding carboxylic acids is 1. The quantitative estimate of drug-likeness (QED) is 0.108. The molecule has 0 radical (unpaired) electrons. The number of hydrogen-bond donors (Lipinski definition) is 3. The number of para-hydroxylation sites is 1. The molecule has 3 aromatic carbocycles. The van der Waals surface area contributed by atoms with Gasteiger partial charge in [0.15, 0.2) is 6.23 Å². The fraction of sp³-hybridized carbons (Fsp3) is 0.408. The van der Waals surface area contributed by atoms with Gasteiger partial charge >= 0.3 is 0 Å². The average Bonchev–Trinajstić information content (AvgIpc) is 3.80. The Bertz CT molecular complexity index is 2720. The third kappa shape index (κ3) is 10.2. The Labute approximate surface area is 384 Å². The van der Waals surface area contributed by atoms with Crippen LogP contribution >= 0.6 is 0 Å². The zero-order valence-electron chi connectivity index (χ0n) is 38.1. The van der Waals surface area contributed by atoms with Crippen LogP contribution in [0, 0.1) is 11.3 Å². The molecule has 16 heteroatoms. The number of benzene rings is 3. The van der Waals surface area contributed by atoms with Gasteiger partial charge in [-0.3, -0.25) is 4.79 Å². The topological polar surface area (TPSA) is 195 Å². The summed E-state index contributed by atoms with van der Waals surface area (Å²) in [5, 5.41) is 34.1. The van der Waals surface area contributed by atoms with E-state index >= 15 is 0 Å². The van der Waals surface area contributed by atoms with Gasteiger partial charge in [0.1, 0.15) is 0 Å². The van der Waals surface area contributed by atoms with Crippen molar-refractivity contribution in [2.24, 2.45) is 31.8 Å². The van der Waals surface area contributed by atoms with Crippen molar-refractivity contribution in [2.45, 2.75) is 114 Å². The SMILES string of the molecule is CC1=NN(c2cccc(S(N)(=O)=O)c2)C(O)/C1=C\C=C1\N(CCCCCN2/C=C/CC/C=C/C(C)(C)C2CCC2C(=O)N(c3cccc(S(N)(=O)=O)c3)N=C2C)c2ccccc2C1(C)C.